The van der Waals surface area contributed by atoms with Crippen molar-refractivity contribution in [2.45, 2.75) is 19.8 Å². The quantitative estimate of drug-likeness (QED) is 0.307. The molecule has 0 unspecified atom stereocenters. The van der Waals surface area contributed by atoms with Gasteiger partial charge in [-0.1, -0.05) is 86.1 Å². The molecule has 0 aliphatic rings. The summed E-state index contributed by atoms with van der Waals surface area (Å²) in [7, 11) is 0. The molecule has 2 heterocycles. The summed E-state index contributed by atoms with van der Waals surface area (Å²) in [6.07, 6.45) is 1.72. The topological polar surface area (TPSA) is 26.0 Å². The van der Waals surface area contributed by atoms with Crippen LogP contribution in [0, 0.1) is 0 Å². The fourth-order valence-electron chi connectivity index (χ4n) is 3.80. The van der Waals surface area contributed by atoms with Gasteiger partial charge >= 0.3 is 0 Å². The maximum Gasteiger partial charge on any atom is 0.143 e. The Morgan fingerprint density at radius 1 is 0.828 bits per heavy atom. The Hall–Kier alpha value is -3.10. The van der Waals surface area contributed by atoms with E-state index < -0.39 is 0 Å². The van der Waals surface area contributed by atoms with Crippen LogP contribution in [0.2, 0.25) is 5.02 Å². The molecule has 0 atom stereocenters. The fourth-order valence-corrected chi connectivity index (χ4v) is 4.00. The molecule has 0 radical (unpaired) electrons. The summed E-state index contributed by atoms with van der Waals surface area (Å²) in [6, 6.07) is 24.9. The Balaban J connectivity index is 1.74. The van der Waals surface area contributed by atoms with Crippen molar-refractivity contribution in [2.24, 2.45) is 0 Å². The number of halogens is 1. The van der Waals surface area contributed by atoms with E-state index in [2.05, 4.69) is 67.4 Å². The predicted octanol–water partition coefficient (Wildman–Crippen LogP) is 8.09. The van der Waals surface area contributed by atoms with Gasteiger partial charge in [-0.05, 0) is 23.6 Å². The summed E-state index contributed by atoms with van der Waals surface area (Å²) in [6.45, 7) is 4.38. The number of pyridine rings is 1. The van der Waals surface area contributed by atoms with E-state index >= 15 is 0 Å². The first-order valence-electron chi connectivity index (χ1n) is 9.78. The lowest BCUT2D eigenvalue weighted by Gasteiger charge is -2.08. The van der Waals surface area contributed by atoms with E-state index in [9.17, 15) is 0 Å². The lowest BCUT2D eigenvalue weighted by molar-refractivity contribution is 0.668. The number of hydrogen-bond donors (Lipinski definition) is 0. The molecule has 0 saturated carbocycles. The van der Waals surface area contributed by atoms with Crippen molar-refractivity contribution in [3.8, 4) is 22.4 Å². The molecule has 5 aromatic rings. The van der Waals surface area contributed by atoms with Crippen LogP contribution < -0.4 is 0 Å². The normalized spacial score (nSPS) is 11.6. The van der Waals surface area contributed by atoms with E-state index in [1.807, 2.05) is 24.3 Å². The molecular weight excluding hydrogens is 378 g/mol. The Labute approximate surface area is 174 Å². The molecule has 0 spiro atoms. The highest BCUT2D eigenvalue weighted by Gasteiger charge is 2.16. The number of nitrogens with zero attached hydrogens (tertiary/aromatic N) is 1. The Morgan fingerprint density at radius 3 is 2.45 bits per heavy atom. The SMILES string of the molecule is CC(C)c1ccc2c(c1)oc1c(-c3cc(-c4ccccc4)ncc3Cl)cccc12. The van der Waals surface area contributed by atoms with E-state index in [0.29, 0.717) is 10.9 Å². The Morgan fingerprint density at radius 2 is 1.66 bits per heavy atom. The van der Waals surface area contributed by atoms with Crippen molar-refractivity contribution in [2.75, 3.05) is 0 Å². The maximum atomic E-state index is 6.58. The maximum absolute atomic E-state index is 6.58. The van der Waals surface area contributed by atoms with Gasteiger partial charge < -0.3 is 4.42 Å². The van der Waals surface area contributed by atoms with Crippen LogP contribution >= 0.6 is 11.6 Å². The van der Waals surface area contributed by atoms with Gasteiger partial charge in [0.25, 0.3) is 0 Å². The van der Waals surface area contributed by atoms with Crippen LogP contribution in [-0.4, -0.2) is 4.98 Å². The molecule has 3 heteroatoms. The Kier molecular flexibility index (Phi) is 4.37. The Bertz CT molecular complexity index is 1340. The minimum Gasteiger partial charge on any atom is -0.455 e. The number of benzene rings is 3. The first-order valence-corrected chi connectivity index (χ1v) is 10.2. The molecule has 0 saturated heterocycles. The van der Waals surface area contributed by atoms with E-state index in [-0.39, 0.29) is 0 Å². The number of para-hydroxylation sites is 1. The summed E-state index contributed by atoms with van der Waals surface area (Å²) in [5.41, 5.74) is 6.89. The second kappa shape index (κ2) is 7.06. The van der Waals surface area contributed by atoms with Crippen LogP contribution in [0.1, 0.15) is 25.3 Å². The van der Waals surface area contributed by atoms with Crippen molar-refractivity contribution >= 4 is 33.5 Å². The molecule has 3 aromatic carbocycles. The van der Waals surface area contributed by atoms with Gasteiger partial charge in [-0.25, -0.2) is 0 Å². The third kappa shape index (κ3) is 3.10. The smallest absolute Gasteiger partial charge is 0.143 e. The van der Waals surface area contributed by atoms with Crippen molar-refractivity contribution in [3.63, 3.8) is 0 Å². The standard InChI is InChI=1S/C26H20ClNO/c1-16(2)18-11-12-19-20-9-6-10-21(26(20)29-25(19)13-18)22-14-24(28-15-23(22)27)17-7-4-3-5-8-17/h3-16H,1-2H3. The van der Waals surface area contributed by atoms with E-state index in [1.165, 1.54) is 5.56 Å². The monoisotopic (exact) mass is 397 g/mol. The molecule has 0 fully saturated rings. The lowest BCUT2D eigenvalue weighted by atomic mass is 9.99. The molecule has 0 aliphatic carbocycles. The number of furan rings is 1. The average molecular weight is 398 g/mol. The van der Waals surface area contributed by atoms with Gasteiger partial charge in [0.05, 0.1) is 10.7 Å². The largest absolute Gasteiger partial charge is 0.455 e. The first kappa shape index (κ1) is 18.0. The highest BCUT2D eigenvalue weighted by molar-refractivity contribution is 6.33. The zero-order valence-electron chi connectivity index (χ0n) is 16.3. The van der Waals surface area contributed by atoms with Gasteiger partial charge in [0.15, 0.2) is 0 Å². The van der Waals surface area contributed by atoms with Crippen LogP contribution in [0.4, 0.5) is 0 Å². The van der Waals surface area contributed by atoms with Crippen molar-refractivity contribution < 1.29 is 4.42 Å². The van der Waals surface area contributed by atoms with Crippen LogP contribution in [0.3, 0.4) is 0 Å². The lowest BCUT2D eigenvalue weighted by Crippen LogP contribution is -1.87. The predicted molar refractivity (Wildman–Crippen MR) is 121 cm³/mol. The minimum atomic E-state index is 0.454. The number of hydrogen-bond acceptors (Lipinski definition) is 2. The van der Waals surface area contributed by atoms with Gasteiger partial charge in [0.2, 0.25) is 0 Å². The molecule has 142 valence electrons. The zero-order valence-corrected chi connectivity index (χ0v) is 17.1. The summed E-state index contributed by atoms with van der Waals surface area (Å²) in [5, 5.41) is 2.84. The fraction of sp³-hybridized carbons (Fsp3) is 0.115. The van der Waals surface area contributed by atoms with Crippen LogP contribution in [-0.2, 0) is 0 Å². The summed E-state index contributed by atoms with van der Waals surface area (Å²) in [5.74, 6) is 0.454. The zero-order chi connectivity index (χ0) is 20.0. The molecule has 0 bridgehead atoms. The molecule has 2 nitrogen and oxygen atoms in total. The van der Waals surface area contributed by atoms with Gasteiger partial charge in [0, 0.05) is 33.7 Å². The van der Waals surface area contributed by atoms with Crippen LogP contribution in [0.5, 0.6) is 0 Å². The second-order valence-corrected chi connectivity index (χ2v) is 8.02. The molecule has 2 aromatic heterocycles. The molecule has 5 rings (SSSR count). The molecule has 0 N–H and O–H groups in total. The van der Waals surface area contributed by atoms with Crippen molar-refractivity contribution in [1.82, 2.24) is 4.98 Å². The van der Waals surface area contributed by atoms with Gasteiger partial charge in [0.1, 0.15) is 11.2 Å². The third-order valence-corrected chi connectivity index (χ3v) is 5.71. The van der Waals surface area contributed by atoms with Crippen molar-refractivity contribution in [3.05, 3.63) is 89.6 Å². The number of rotatable bonds is 3. The molecule has 0 amide bonds. The minimum absolute atomic E-state index is 0.454. The number of aromatic nitrogens is 1. The second-order valence-electron chi connectivity index (χ2n) is 7.61. The van der Waals surface area contributed by atoms with E-state index in [4.69, 9.17) is 16.0 Å². The summed E-state index contributed by atoms with van der Waals surface area (Å²) < 4.78 is 6.35. The third-order valence-electron chi connectivity index (χ3n) is 5.40. The van der Waals surface area contributed by atoms with E-state index in [1.54, 1.807) is 6.20 Å². The average Bonchev–Trinajstić information content (AvgIpc) is 3.13. The van der Waals surface area contributed by atoms with Gasteiger partial charge in [-0.3, -0.25) is 4.98 Å². The summed E-state index contributed by atoms with van der Waals surface area (Å²) in [4.78, 5) is 4.53. The highest BCUT2D eigenvalue weighted by Crippen LogP contribution is 2.39. The van der Waals surface area contributed by atoms with Crippen LogP contribution in [0.25, 0.3) is 44.3 Å². The molecule has 0 aliphatic heterocycles. The van der Waals surface area contributed by atoms with E-state index in [0.717, 1.165) is 44.3 Å². The van der Waals surface area contributed by atoms with Gasteiger partial charge in [-0.15, -0.1) is 0 Å². The highest BCUT2D eigenvalue weighted by atomic mass is 35.5. The first-order chi connectivity index (χ1) is 14.1. The molecular formula is C26H20ClNO. The van der Waals surface area contributed by atoms with Gasteiger partial charge in [-0.2, -0.15) is 0 Å². The van der Waals surface area contributed by atoms with Crippen LogP contribution in [0.15, 0.2) is 83.4 Å². The number of fused-ring (bicyclic) bond motifs is 3. The van der Waals surface area contributed by atoms with Crippen molar-refractivity contribution in [1.29, 1.82) is 0 Å². The molecule has 29 heavy (non-hydrogen) atoms. The summed E-state index contributed by atoms with van der Waals surface area (Å²) >= 11 is 6.58.